The van der Waals surface area contributed by atoms with Crippen molar-refractivity contribution in [2.75, 3.05) is 0 Å². The average Bonchev–Trinajstić information content (AvgIpc) is 3.75. The Bertz CT molecular complexity index is 3110. The van der Waals surface area contributed by atoms with Crippen LogP contribution in [0.25, 0.3) is 95.6 Å². The molecule has 3 aromatic heterocycles. The van der Waals surface area contributed by atoms with E-state index in [-0.39, 0.29) is 5.41 Å². The molecule has 6 heteroatoms. The van der Waals surface area contributed by atoms with Crippen LogP contribution in [0.15, 0.2) is 182 Å². The van der Waals surface area contributed by atoms with Crippen LogP contribution in [-0.4, -0.2) is 29.5 Å². The summed E-state index contributed by atoms with van der Waals surface area (Å²) in [4.78, 5) is 25.7. The summed E-state index contributed by atoms with van der Waals surface area (Å²) in [5.41, 5.74) is 13.3. The van der Waals surface area contributed by atoms with Crippen molar-refractivity contribution >= 4 is 21.8 Å². The van der Waals surface area contributed by atoms with Crippen molar-refractivity contribution in [2.24, 2.45) is 0 Å². The molecule has 0 fully saturated rings. The number of nitrogens with zero attached hydrogens (tertiary/aromatic N) is 6. The first-order chi connectivity index (χ1) is 28.5. The fourth-order valence-electron chi connectivity index (χ4n) is 8.64. The van der Waals surface area contributed by atoms with Crippen molar-refractivity contribution in [3.05, 3.63) is 193 Å². The molecule has 0 bridgehead atoms. The Kier molecular flexibility index (Phi) is 7.73. The summed E-state index contributed by atoms with van der Waals surface area (Å²) in [6.45, 7) is 4.56. The van der Waals surface area contributed by atoms with Gasteiger partial charge >= 0.3 is 0 Å². The Hall–Kier alpha value is -7.57. The van der Waals surface area contributed by atoms with Gasteiger partial charge in [0.15, 0.2) is 23.3 Å². The zero-order valence-electron chi connectivity index (χ0n) is 32.0. The fraction of sp³-hybridized carbons (Fsp3) is 0.0577. The summed E-state index contributed by atoms with van der Waals surface area (Å²) in [5.74, 6) is 2.58. The van der Waals surface area contributed by atoms with Gasteiger partial charge in [-0.05, 0) is 42.0 Å². The van der Waals surface area contributed by atoms with Crippen LogP contribution in [0.1, 0.15) is 25.0 Å². The Morgan fingerprint density at radius 2 is 0.862 bits per heavy atom. The minimum atomic E-state index is -0.311. The van der Waals surface area contributed by atoms with Gasteiger partial charge in [-0.15, -0.1) is 0 Å². The van der Waals surface area contributed by atoms with Crippen LogP contribution >= 0.6 is 0 Å². The molecule has 11 rings (SSSR count). The standard InChI is InChI=1S/C52H36N6/c1-52(2)42-24-14-12-23-40(42)47-45(52)46(53-51(54-47)37-30-31-44-41(32-37)39-22-13-15-25-43(39)58(44)38-20-10-5-11-21-38)33-26-28-36(29-27-33)50-56-48(34-16-6-3-7-17-34)55-49(57-50)35-18-8-4-9-19-35/h3-32H,1-2H3. The van der Waals surface area contributed by atoms with Crippen molar-refractivity contribution in [3.8, 4) is 73.8 Å². The molecule has 0 spiro atoms. The molecule has 0 saturated carbocycles. The van der Waals surface area contributed by atoms with Crippen LogP contribution in [0.2, 0.25) is 0 Å². The number of hydrogen-bond acceptors (Lipinski definition) is 5. The third kappa shape index (κ3) is 5.45. The van der Waals surface area contributed by atoms with Gasteiger partial charge in [0, 0.05) is 60.8 Å². The molecule has 1 aliphatic carbocycles. The number of rotatable bonds is 6. The van der Waals surface area contributed by atoms with Crippen LogP contribution in [0, 0.1) is 0 Å². The van der Waals surface area contributed by atoms with E-state index in [0.29, 0.717) is 23.3 Å². The van der Waals surface area contributed by atoms with E-state index in [2.05, 4.69) is 140 Å². The van der Waals surface area contributed by atoms with Gasteiger partial charge in [0.2, 0.25) is 0 Å². The Morgan fingerprint density at radius 1 is 0.379 bits per heavy atom. The lowest BCUT2D eigenvalue weighted by Crippen LogP contribution is -2.17. The van der Waals surface area contributed by atoms with E-state index < -0.39 is 0 Å². The van der Waals surface area contributed by atoms with Gasteiger partial charge < -0.3 is 4.57 Å². The van der Waals surface area contributed by atoms with Crippen molar-refractivity contribution in [2.45, 2.75) is 19.3 Å². The molecule has 0 aliphatic heterocycles. The van der Waals surface area contributed by atoms with Crippen molar-refractivity contribution < 1.29 is 0 Å². The number of aromatic nitrogens is 6. The molecule has 1 aliphatic rings. The Balaban J connectivity index is 1.07. The highest BCUT2D eigenvalue weighted by atomic mass is 15.0. The molecule has 0 amide bonds. The van der Waals surface area contributed by atoms with E-state index in [1.807, 2.05) is 60.7 Å². The molecule has 0 unspecified atom stereocenters. The summed E-state index contributed by atoms with van der Waals surface area (Å²) < 4.78 is 2.34. The largest absolute Gasteiger partial charge is 0.309 e. The van der Waals surface area contributed by atoms with Crippen LogP contribution < -0.4 is 0 Å². The maximum Gasteiger partial charge on any atom is 0.164 e. The smallest absolute Gasteiger partial charge is 0.164 e. The maximum absolute atomic E-state index is 5.47. The van der Waals surface area contributed by atoms with Gasteiger partial charge in [-0.25, -0.2) is 24.9 Å². The summed E-state index contributed by atoms with van der Waals surface area (Å²) in [6, 6.07) is 63.1. The summed E-state index contributed by atoms with van der Waals surface area (Å²) in [5, 5.41) is 2.35. The first-order valence-corrected chi connectivity index (χ1v) is 19.6. The van der Waals surface area contributed by atoms with Crippen LogP contribution in [0.4, 0.5) is 0 Å². The minimum Gasteiger partial charge on any atom is -0.309 e. The van der Waals surface area contributed by atoms with Crippen LogP contribution in [0.5, 0.6) is 0 Å². The molecule has 0 radical (unpaired) electrons. The molecular weight excluding hydrogens is 709 g/mol. The fourth-order valence-corrected chi connectivity index (χ4v) is 8.64. The molecule has 3 heterocycles. The summed E-state index contributed by atoms with van der Waals surface area (Å²) in [7, 11) is 0. The van der Waals surface area contributed by atoms with E-state index in [1.54, 1.807) is 0 Å². The van der Waals surface area contributed by atoms with Crippen molar-refractivity contribution in [1.29, 1.82) is 0 Å². The zero-order chi connectivity index (χ0) is 38.8. The molecular formula is C52H36N6. The quantitative estimate of drug-likeness (QED) is 0.170. The second-order valence-electron chi connectivity index (χ2n) is 15.3. The summed E-state index contributed by atoms with van der Waals surface area (Å²) >= 11 is 0. The van der Waals surface area contributed by atoms with Gasteiger partial charge in [0.25, 0.3) is 0 Å². The van der Waals surface area contributed by atoms with E-state index >= 15 is 0 Å². The second-order valence-corrected chi connectivity index (χ2v) is 15.3. The predicted molar refractivity (Wildman–Crippen MR) is 234 cm³/mol. The molecule has 0 N–H and O–H groups in total. The topological polar surface area (TPSA) is 69.4 Å². The van der Waals surface area contributed by atoms with Gasteiger partial charge in [-0.3, -0.25) is 0 Å². The Morgan fingerprint density at radius 3 is 1.53 bits per heavy atom. The molecule has 0 atom stereocenters. The van der Waals surface area contributed by atoms with E-state index in [4.69, 9.17) is 24.9 Å². The number of benzene rings is 7. The summed E-state index contributed by atoms with van der Waals surface area (Å²) in [6.07, 6.45) is 0. The lowest BCUT2D eigenvalue weighted by molar-refractivity contribution is 0.658. The minimum absolute atomic E-state index is 0.311. The first-order valence-electron chi connectivity index (χ1n) is 19.6. The van der Waals surface area contributed by atoms with Crippen LogP contribution in [0.3, 0.4) is 0 Å². The molecule has 0 saturated heterocycles. The molecule has 58 heavy (non-hydrogen) atoms. The molecule has 274 valence electrons. The highest BCUT2D eigenvalue weighted by Crippen LogP contribution is 2.51. The molecule has 7 aromatic carbocycles. The zero-order valence-corrected chi connectivity index (χ0v) is 32.0. The normalized spacial score (nSPS) is 12.8. The SMILES string of the molecule is CC1(C)c2ccccc2-c2nc(-c3ccc4c(c3)c3ccccc3n4-c3ccccc3)nc(-c3ccc(-c4nc(-c5ccccc5)nc(-c5ccccc5)n4)cc3)c21. The van der Waals surface area contributed by atoms with Gasteiger partial charge in [0.1, 0.15) is 0 Å². The monoisotopic (exact) mass is 744 g/mol. The molecule has 10 aromatic rings. The molecule has 6 nitrogen and oxygen atoms in total. The number of fused-ring (bicyclic) bond motifs is 6. The van der Waals surface area contributed by atoms with E-state index in [9.17, 15) is 0 Å². The first kappa shape index (κ1) is 33.7. The third-order valence-corrected chi connectivity index (χ3v) is 11.5. The predicted octanol–water partition coefficient (Wildman–Crippen LogP) is 12.4. The van der Waals surface area contributed by atoms with Crippen molar-refractivity contribution in [3.63, 3.8) is 0 Å². The highest BCUT2D eigenvalue weighted by Gasteiger charge is 2.40. The number of para-hydroxylation sites is 2. The average molecular weight is 745 g/mol. The van der Waals surface area contributed by atoms with Gasteiger partial charge in [0.05, 0.1) is 22.4 Å². The van der Waals surface area contributed by atoms with Gasteiger partial charge in [-0.2, -0.15) is 0 Å². The van der Waals surface area contributed by atoms with E-state index in [0.717, 1.165) is 72.4 Å². The lowest BCUT2D eigenvalue weighted by Gasteiger charge is -2.24. The lowest BCUT2D eigenvalue weighted by atomic mass is 9.80. The second kappa shape index (κ2) is 13.3. The highest BCUT2D eigenvalue weighted by molar-refractivity contribution is 6.10. The third-order valence-electron chi connectivity index (χ3n) is 11.5. The Labute approximate surface area is 336 Å². The van der Waals surface area contributed by atoms with E-state index in [1.165, 1.54) is 10.9 Å². The van der Waals surface area contributed by atoms with Gasteiger partial charge in [-0.1, -0.05) is 159 Å². The van der Waals surface area contributed by atoms with Crippen LogP contribution in [-0.2, 0) is 5.41 Å². The maximum atomic E-state index is 5.47. The number of hydrogen-bond donors (Lipinski definition) is 0. The van der Waals surface area contributed by atoms with Crippen molar-refractivity contribution in [1.82, 2.24) is 29.5 Å².